The molecular weight excluding hydrogens is 332 g/mol. The Labute approximate surface area is 143 Å². The zero-order valence-corrected chi connectivity index (χ0v) is 14.4. The van der Waals surface area contributed by atoms with Gasteiger partial charge in [0.15, 0.2) is 6.61 Å². The molecule has 0 bridgehead atoms. The smallest absolute Gasteiger partial charge is 0.341 e. The van der Waals surface area contributed by atoms with Crippen molar-refractivity contribution >= 4 is 28.9 Å². The number of aryl methyl sites for hydroxylation is 1. The SMILES string of the molecule is COCc1nc(C)c(C(=O)N(C)c2ccc(OCC(=O)O)cc2)s1. The number of aromatic nitrogens is 1. The number of carbonyl (C=O) groups is 2. The molecule has 1 N–H and O–H groups in total. The fraction of sp³-hybridized carbons (Fsp3) is 0.312. The van der Waals surface area contributed by atoms with Gasteiger partial charge in [-0.3, -0.25) is 4.79 Å². The molecular formula is C16H18N2O5S. The minimum atomic E-state index is -1.04. The van der Waals surface area contributed by atoms with E-state index in [2.05, 4.69) is 4.98 Å². The first-order valence-corrected chi connectivity index (χ1v) is 7.92. The average Bonchev–Trinajstić information content (AvgIpc) is 2.93. The molecule has 1 heterocycles. The number of hydrogen-bond acceptors (Lipinski definition) is 6. The maximum atomic E-state index is 12.6. The van der Waals surface area contributed by atoms with Crippen molar-refractivity contribution in [2.45, 2.75) is 13.5 Å². The topological polar surface area (TPSA) is 89.0 Å². The summed E-state index contributed by atoms with van der Waals surface area (Å²) in [6.07, 6.45) is 0. The standard InChI is InChI=1S/C16H18N2O5S/c1-10-15(24-13(17-10)8-22-3)16(21)18(2)11-4-6-12(7-5-11)23-9-14(19)20/h4-7H,8-9H2,1-3H3,(H,19,20). The Morgan fingerprint density at radius 2 is 1.96 bits per heavy atom. The van der Waals surface area contributed by atoms with Gasteiger partial charge in [0.1, 0.15) is 15.6 Å². The van der Waals surface area contributed by atoms with Crippen LogP contribution in [0.5, 0.6) is 5.75 Å². The van der Waals surface area contributed by atoms with Crippen molar-refractivity contribution < 1.29 is 24.2 Å². The quantitative estimate of drug-likeness (QED) is 0.824. The van der Waals surface area contributed by atoms with E-state index in [1.165, 1.54) is 16.2 Å². The predicted octanol–water partition coefficient (Wildman–Crippen LogP) is 2.34. The largest absolute Gasteiger partial charge is 0.482 e. The molecule has 0 fully saturated rings. The van der Waals surface area contributed by atoms with Crippen LogP contribution in [0.15, 0.2) is 24.3 Å². The monoisotopic (exact) mass is 350 g/mol. The van der Waals surface area contributed by atoms with Gasteiger partial charge in [0.2, 0.25) is 0 Å². The molecule has 128 valence electrons. The lowest BCUT2D eigenvalue weighted by atomic mass is 10.2. The van der Waals surface area contributed by atoms with E-state index in [1.54, 1.807) is 45.3 Å². The molecule has 0 aliphatic heterocycles. The van der Waals surface area contributed by atoms with E-state index in [0.29, 0.717) is 28.6 Å². The minimum Gasteiger partial charge on any atom is -0.482 e. The highest BCUT2D eigenvalue weighted by Gasteiger charge is 2.20. The molecule has 1 aromatic heterocycles. The number of carbonyl (C=O) groups excluding carboxylic acids is 1. The van der Waals surface area contributed by atoms with Crippen molar-refractivity contribution in [1.82, 2.24) is 4.98 Å². The number of hydrogen-bond donors (Lipinski definition) is 1. The zero-order chi connectivity index (χ0) is 17.7. The highest BCUT2D eigenvalue weighted by Crippen LogP contribution is 2.24. The maximum Gasteiger partial charge on any atom is 0.341 e. The second kappa shape index (κ2) is 7.89. The van der Waals surface area contributed by atoms with Gasteiger partial charge in [-0.25, -0.2) is 9.78 Å². The summed E-state index contributed by atoms with van der Waals surface area (Å²) in [6.45, 7) is 1.76. The Morgan fingerprint density at radius 1 is 1.29 bits per heavy atom. The van der Waals surface area contributed by atoms with E-state index < -0.39 is 12.6 Å². The van der Waals surface area contributed by atoms with Crippen molar-refractivity contribution in [3.8, 4) is 5.75 Å². The first-order valence-electron chi connectivity index (χ1n) is 7.10. The van der Waals surface area contributed by atoms with Gasteiger partial charge in [-0.2, -0.15) is 0 Å². The van der Waals surface area contributed by atoms with Crippen LogP contribution in [-0.4, -0.2) is 42.7 Å². The summed E-state index contributed by atoms with van der Waals surface area (Å²) < 4.78 is 10.1. The Morgan fingerprint density at radius 3 is 2.54 bits per heavy atom. The van der Waals surface area contributed by atoms with Crippen LogP contribution < -0.4 is 9.64 Å². The van der Waals surface area contributed by atoms with E-state index >= 15 is 0 Å². The van der Waals surface area contributed by atoms with Crippen LogP contribution in [0.1, 0.15) is 20.4 Å². The van der Waals surface area contributed by atoms with Crippen molar-refractivity contribution in [2.75, 3.05) is 25.7 Å². The highest BCUT2D eigenvalue weighted by molar-refractivity contribution is 7.13. The van der Waals surface area contributed by atoms with Gasteiger partial charge in [-0.1, -0.05) is 0 Å². The van der Waals surface area contributed by atoms with Crippen LogP contribution in [0.3, 0.4) is 0 Å². The number of ether oxygens (including phenoxy) is 2. The molecule has 0 unspecified atom stereocenters. The first-order chi connectivity index (χ1) is 11.4. The highest BCUT2D eigenvalue weighted by atomic mass is 32.1. The zero-order valence-electron chi connectivity index (χ0n) is 13.6. The molecule has 0 radical (unpaired) electrons. The summed E-state index contributed by atoms with van der Waals surface area (Å²) in [6, 6.07) is 6.64. The number of carboxylic acids is 1. The Balaban J connectivity index is 2.11. The average molecular weight is 350 g/mol. The van der Waals surface area contributed by atoms with Crippen molar-refractivity contribution in [2.24, 2.45) is 0 Å². The van der Waals surface area contributed by atoms with E-state index in [9.17, 15) is 9.59 Å². The number of thiazole rings is 1. The second-order valence-electron chi connectivity index (χ2n) is 5.00. The normalized spacial score (nSPS) is 10.5. The third-order valence-electron chi connectivity index (χ3n) is 3.19. The van der Waals surface area contributed by atoms with Crippen LogP contribution in [0.2, 0.25) is 0 Å². The lowest BCUT2D eigenvalue weighted by Crippen LogP contribution is -2.26. The van der Waals surface area contributed by atoms with E-state index in [-0.39, 0.29) is 5.91 Å². The second-order valence-corrected chi connectivity index (χ2v) is 6.08. The van der Waals surface area contributed by atoms with Crippen molar-refractivity contribution in [3.63, 3.8) is 0 Å². The number of carboxylic acid groups (broad SMARTS) is 1. The van der Waals surface area contributed by atoms with Crippen LogP contribution in [0.25, 0.3) is 0 Å². The van der Waals surface area contributed by atoms with Gasteiger partial charge in [0, 0.05) is 19.8 Å². The van der Waals surface area contributed by atoms with Crippen molar-refractivity contribution in [1.29, 1.82) is 0 Å². The Kier molecular flexibility index (Phi) is 5.88. The number of nitrogens with zero attached hydrogens (tertiary/aromatic N) is 2. The van der Waals surface area contributed by atoms with Crippen LogP contribution in [0.4, 0.5) is 5.69 Å². The van der Waals surface area contributed by atoms with E-state index in [4.69, 9.17) is 14.6 Å². The predicted molar refractivity (Wildman–Crippen MR) is 89.9 cm³/mol. The Bertz CT molecular complexity index is 727. The van der Waals surface area contributed by atoms with Crippen molar-refractivity contribution in [3.05, 3.63) is 39.8 Å². The Hall–Kier alpha value is -2.45. The number of methoxy groups -OCH3 is 1. The van der Waals surface area contributed by atoms with Gasteiger partial charge in [-0.15, -0.1) is 11.3 Å². The van der Waals surface area contributed by atoms with E-state index in [1.807, 2.05) is 0 Å². The molecule has 0 aliphatic carbocycles. The van der Waals surface area contributed by atoms with Gasteiger partial charge in [0.05, 0.1) is 12.3 Å². The van der Waals surface area contributed by atoms with Gasteiger partial charge in [0.25, 0.3) is 5.91 Å². The summed E-state index contributed by atoms with van der Waals surface area (Å²) in [5, 5.41) is 9.34. The minimum absolute atomic E-state index is 0.161. The fourth-order valence-electron chi connectivity index (χ4n) is 2.02. The van der Waals surface area contributed by atoms with Gasteiger partial charge in [-0.05, 0) is 31.2 Å². The summed E-state index contributed by atoms with van der Waals surface area (Å²) in [5.74, 6) is -0.774. The van der Waals surface area contributed by atoms with Crippen LogP contribution >= 0.6 is 11.3 Å². The molecule has 0 atom stereocenters. The molecule has 1 aromatic carbocycles. The molecule has 1 amide bonds. The molecule has 0 aliphatic rings. The molecule has 0 spiro atoms. The summed E-state index contributed by atoms with van der Waals surface area (Å²) in [7, 11) is 3.25. The van der Waals surface area contributed by atoms with E-state index in [0.717, 1.165) is 5.01 Å². The fourth-order valence-corrected chi connectivity index (χ4v) is 3.03. The number of rotatable bonds is 7. The number of anilines is 1. The first kappa shape index (κ1) is 17.9. The molecule has 8 heteroatoms. The number of aliphatic carboxylic acids is 1. The summed E-state index contributed by atoms with van der Waals surface area (Å²) in [4.78, 5) is 29.5. The molecule has 7 nitrogen and oxygen atoms in total. The van der Waals surface area contributed by atoms with Gasteiger partial charge >= 0.3 is 5.97 Å². The third-order valence-corrected chi connectivity index (χ3v) is 4.31. The third kappa shape index (κ3) is 4.30. The molecule has 0 saturated carbocycles. The number of benzene rings is 1. The maximum absolute atomic E-state index is 12.6. The molecule has 24 heavy (non-hydrogen) atoms. The van der Waals surface area contributed by atoms with Crippen LogP contribution in [-0.2, 0) is 16.1 Å². The lowest BCUT2D eigenvalue weighted by molar-refractivity contribution is -0.139. The molecule has 2 rings (SSSR count). The molecule has 2 aromatic rings. The van der Waals surface area contributed by atoms with Crippen LogP contribution in [0, 0.1) is 6.92 Å². The van der Waals surface area contributed by atoms with Gasteiger partial charge < -0.3 is 19.5 Å². The summed E-state index contributed by atoms with van der Waals surface area (Å²) >= 11 is 1.31. The lowest BCUT2D eigenvalue weighted by Gasteiger charge is -2.17. The summed E-state index contributed by atoms with van der Waals surface area (Å²) in [5.41, 5.74) is 1.34. The molecule has 0 saturated heterocycles. The number of amides is 1.